The smallest absolute Gasteiger partial charge is 0.240 e. The van der Waals surface area contributed by atoms with Gasteiger partial charge < -0.3 is 14.3 Å². The van der Waals surface area contributed by atoms with E-state index in [0.29, 0.717) is 18.3 Å². The highest BCUT2D eigenvalue weighted by Gasteiger charge is 2.17. The number of furan rings is 1. The highest BCUT2D eigenvalue weighted by Crippen LogP contribution is 2.19. The Morgan fingerprint density at radius 3 is 2.95 bits per heavy atom. The van der Waals surface area contributed by atoms with E-state index in [4.69, 9.17) is 8.94 Å². The Hall–Kier alpha value is -1.96. The van der Waals surface area contributed by atoms with Crippen molar-refractivity contribution in [1.29, 1.82) is 0 Å². The molecule has 3 heterocycles. The molecule has 0 saturated carbocycles. The molecule has 1 N–H and O–H groups in total. The van der Waals surface area contributed by atoms with E-state index in [1.165, 1.54) is 0 Å². The lowest BCUT2D eigenvalue weighted by atomic mass is 10.2. The zero-order valence-corrected chi connectivity index (χ0v) is 13.3. The first kappa shape index (κ1) is 15.0. The van der Waals surface area contributed by atoms with Gasteiger partial charge in [0.15, 0.2) is 0 Å². The molecule has 0 radical (unpaired) electrons. The largest absolute Gasteiger partial charge is 0.468 e. The second-order valence-electron chi connectivity index (χ2n) is 5.15. The molecule has 0 aliphatic carbocycles. The van der Waals surface area contributed by atoms with Crippen molar-refractivity contribution < 1.29 is 8.94 Å². The van der Waals surface area contributed by atoms with E-state index in [1.54, 1.807) is 17.6 Å². The SMILES string of the molecule is CN(C)[C@H](CNCc1nc(-c2ccsc2)no1)c1ccco1. The second kappa shape index (κ2) is 6.87. The molecule has 0 bridgehead atoms. The van der Waals surface area contributed by atoms with Crippen molar-refractivity contribution in [3.8, 4) is 11.4 Å². The van der Waals surface area contributed by atoms with Crippen LogP contribution in [0.4, 0.5) is 0 Å². The fourth-order valence-corrected chi connectivity index (χ4v) is 2.80. The monoisotopic (exact) mass is 318 g/mol. The van der Waals surface area contributed by atoms with Gasteiger partial charge in [-0.15, -0.1) is 0 Å². The number of hydrogen-bond acceptors (Lipinski definition) is 7. The number of rotatable bonds is 7. The third-order valence-electron chi connectivity index (χ3n) is 3.36. The molecule has 0 fully saturated rings. The van der Waals surface area contributed by atoms with Crippen LogP contribution in [0.25, 0.3) is 11.4 Å². The Morgan fingerprint density at radius 1 is 1.36 bits per heavy atom. The Balaban J connectivity index is 1.56. The van der Waals surface area contributed by atoms with Crippen molar-refractivity contribution >= 4 is 11.3 Å². The van der Waals surface area contributed by atoms with Gasteiger partial charge in [0.25, 0.3) is 0 Å². The summed E-state index contributed by atoms with van der Waals surface area (Å²) in [5, 5.41) is 11.3. The number of thiophene rings is 1. The van der Waals surface area contributed by atoms with Crippen molar-refractivity contribution in [3.63, 3.8) is 0 Å². The first-order chi connectivity index (χ1) is 10.7. The summed E-state index contributed by atoms with van der Waals surface area (Å²) in [7, 11) is 4.05. The quantitative estimate of drug-likeness (QED) is 0.722. The zero-order valence-electron chi connectivity index (χ0n) is 12.5. The van der Waals surface area contributed by atoms with Crippen LogP contribution >= 0.6 is 11.3 Å². The van der Waals surface area contributed by atoms with E-state index in [0.717, 1.165) is 17.9 Å². The summed E-state index contributed by atoms with van der Waals surface area (Å²) < 4.78 is 10.7. The molecule has 3 aromatic rings. The lowest BCUT2D eigenvalue weighted by Crippen LogP contribution is -2.30. The fraction of sp³-hybridized carbons (Fsp3) is 0.333. The van der Waals surface area contributed by atoms with Gasteiger partial charge in [0.1, 0.15) is 5.76 Å². The van der Waals surface area contributed by atoms with Gasteiger partial charge in [-0.1, -0.05) is 5.16 Å². The van der Waals surface area contributed by atoms with Crippen molar-refractivity contribution in [1.82, 2.24) is 20.4 Å². The summed E-state index contributed by atoms with van der Waals surface area (Å²) in [6.07, 6.45) is 1.69. The molecule has 22 heavy (non-hydrogen) atoms. The second-order valence-corrected chi connectivity index (χ2v) is 5.93. The van der Waals surface area contributed by atoms with Gasteiger partial charge in [0, 0.05) is 17.5 Å². The normalized spacial score (nSPS) is 12.9. The minimum atomic E-state index is 0.161. The van der Waals surface area contributed by atoms with Crippen LogP contribution in [0.3, 0.4) is 0 Å². The third kappa shape index (κ3) is 3.44. The topological polar surface area (TPSA) is 67.3 Å². The lowest BCUT2D eigenvalue weighted by Gasteiger charge is -2.22. The summed E-state index contributed by atoms with van der Waals surface area (Å²) >= 11 is 1.61. The van der Waals surface area contributed by atoms with E-state index in [-0.39, 0.29) is 6.04 Å². The molecule has 0 aliphatic heterocycles. The van der Waals surface area contributed by atoms with Gasteiger partial charge in [0.05, 0.1) is 18.8 Å². The molecular weight excluding hydrogens is 300 g/mol. The fourth-order valence-electron chi connectivity index (χ4n) is 2.17. The third-order valence-corrected chi connectivity index (χ3v) is 4.04. The van der Waals surface area contributed by atoms with Crippen molar-refractivity contribution in [2.45, 2.75) is 12.6 Å². The number of nitrogens with zero attached hydrogens (tertiary/aromatic N) is 3. The van der Waals surface area contributed by atoms with Crippen LogP contribution in [-0.4, -0.2) is 35.7 Å². The highest BCUT2D eigenvalue weighted by atomic mass is 32.1. The van der Waals surface area contributed by atoms with Crippen molar-refractivity contribution in [2.75, 3.05) is 20.6 Å². The van der Waals surface area contributed by atoms with Gasteiger partial charge in [0.2, 0.25) is 11.7 Å². The van der Waals surface area contributed by atoms with E-state index >= 15 is 0 Å². The maximum absolute atomic E-state index is 5.48. The molecule has 0 amide bonds. The average Bonchev–Trinajstić information content (AvgIpc) is 3.23. The van der Waals surface area contributed by atoms with Crippen LogP contribution in [0.1, 0.15) is 17.7 Å². The minimum absolute atomic E-state index is 0.161. The number of nitrogens with one attached hydrogen (secondary N) is 1. The zero-order chi connectivity index (χ0) is 15.4. The van der Waals surface area contributed by atoms with Crippen molar-refractivity contribution in [3.05, 3.63) is 46.9 Å². The van der Waals surface area contributed by atoms with Crippen LogP contribution in [0.5, 0.6) is 0 Å². The molecule has 6 nitrogen and oxygen atoms in total. The number of likely N-dealkylation sites (N-methyl/N-ethyl adjacent to an activating group) is 1. The maximum atomic E-state index is 5.48. The first-order valence-electron chi connectivity index (χ1n) is 6.99. The number of aromatic nitrogens is 2. The van der Waals surface area contributed by atoms with E-state index in [1.807, 2.05) is 43.1 Å². The Kier molecular flexibility index (Phi) is 4.67. The summed E-state index contributed by atoms with van der Waals surface area (Å²) in [4.78, 5) is 6.49. The molecule has 3 rings (SSSR count). The van der Waals surface area contributed by atoms with E-state index < -0.39 is 0 Å². The Bertz CT molecular complexity index is 676. The van der Waals surface area contributed by atoms with Crippen LogP contribution in [0.15, 0.2) is 44.2 Å². The molecule has 7 heteroatoms. The Labute approximate surface area is 132 Å². The molecule has 0 spiro atoms. The van der Waals surface area contributed by atoms with E-state index in [2.05, 4.69) is 20.4 Å². The van der Waals surface area contributed by atoms with Gasteiger partial charge >= 0.3 is 0 Å². The van der Waals surface area contributed by atoms with Gasteiger partial charge in [-0.25, -0.2) is 0 Å². The molecule has 3 aromatic heterocycles. The standard InChI is InChI=1S/C15H18N4O2S/c1-19(2)12(13-4-3-6-20-13)8-16-9-14-17-15(18-21-14)11-5-7-22-10-11/h3-7,10,12,16H,8-9H2,1-2H3/t12-/m1/s1. The first-order valence-corrected chi connectivity index (χ1v) is 7.94. The summed E-state index contributed by atoms with van der Waals surface area (Å²) in [6, 6.07) is 6.02. The van der Waals surface area contributed by atoms with Crippen molar-refractivity contribution in [2.24, 2.45) is 0 Å². The van der Waals surface area contributed by atoms with Crippen LogP contribution in [0, 0.1) is 0 Å². The van der Waals surface area contributed by atoms with E-state index in [9.17, 15) is 0 Å². The summed E-state index contributed by atoms with van der Waals surface area (Å²) in [5.74, 6) is 2.15. The maximum Gasteiger partial charge on any atom is 0.240 e. The highest BCUT2D eigenvalue weighted by molar-refractivity contribution is 7.08. The summed E-state index contributed by atoms with van der Waals surface area (Å²) in [5.41, 5.74) is 0.988. The van der Waals surface area contributed by atoms with Crippen LogP contribution in [0.2, 0.25) is 0 Å². The van der Waals surface area contributed by atoms with Gasteiger partial charge in [-0.05, 0) is 37.7 Å². The molecule has 0 aliphatic rings. The molecular formula is C15H18N4O2S. The lowest BCUT2D eigenvalue weighted by molar-refractivity contribution is 0.246. The molecule has 0 saturated heterocycles. The molecule has 0 aromatic carbocycles. The average molecular weight is 318 g/mol. The Morgan fingerprint density at radius 2 is 2.27 bits per heavy atom. The molecule has 1 atom stereocenters. The van der Waals surface area contributed by atoms with Crippen LogP contribution in [-0.2, 0) is 6.54 Å². The predicted molar refractivity (Wildman–Crippen MR) is 84.5 cm³/mol. The van der Waals surface area contributed by atoms with Gasteiger partial charge in [-0.3, -0.25) is 4.90 Å². The van der Waals surface area contributed by atoms with Gasteiger partial charge in [-0.2, -0.15) is 16.3 Å². The number of hydrogen-bond donors (Lipinski definition) is 1. The minimum Gasteiger partial charge on any atom is -0.468 e. The summed E-state index contributed by atoms with van der Waals surface area (Å²) in [6.45, 7) is 1.26. The van der Waals surface area contributed by atoms with Crippen LogP contribution < -0.4 is 5.32 Å². The predicted octanol–water partition coefficient (Wildman–Crippen LogP) is 2.78. The molecule has 116 valence electrons. The molecule has 0 unspecified atom stereocenters.